The van der Waals surface area contributed by atoms with Gasteiger partial charge in [0.05, 0.1) is 10.3 Å². The van der Waals surface area contributed by atoms with E-state index >= 15 is 0 Å². The molecule has 1 unspecified atom stereocenters. The second-order valence-corrected chi connectivity index (χ2v) is 6.65. The van der Waals surface area contributed by atoms with Gasteiger partial charge in [-0.1, -0.05) is 15.9 Å². The smallest absolute Gasteiger partial charge is 0.181 e. The Bertz CT molecular complexity index is 427. The molecule has 0 bridgehead atoms. The average molecular weight is 303 g/mol. The Morgan fingerprint density at radius 1 is 1.56 bits per heavy atom. The van der Waals surface area contributed by atoms with Gasteiger partial charge in [-0.05, 0) is 43.7 Å². The van der Waals surface area contributed by atoms with Crippen molar-refractivity contribution >= 4 is 33.5 Å². The molecular formula is C12H12BrFOS. The fraction of sp³-hybridized carbons (Fsp3) is 0.417. The first kappa shape index (κ1) is 12.1. The summed E-state index contributed by atoms with van der Waals surface area (Å²) in [5, 5.41) is 0. The van der Waals surface area contributed by atoms with Crippen LogP contribution in [-0.2, 0) is 0 Å². The van der Waals surface area contributed by atoms with Crippen LogP contribution in [-0.4, -0.2) is 16.3 Å². The standard InChI is InChI=1S/C12H12BrFOS/c1-12(5-2-6-16-12)11(15)9-7-8(13)3-4-10(9)14/h3-4,7H,2,5-6H2,1H3. The third-order valence-electron chi connectivity index (χ3n) is 2.87. The SMILES string of the molecule is CC1(C(=O)c2cc(Br)ccc2F)CCCS1. The highest BCUT2D eigenvalue weighted by Gasteiger charge is 2.38. The molecule has 1 aliphatic heterocycles. The number of benzene rings is 1. The second kappa shape index (κ2) is 4.49. The summed E-state index contributed by atoms with van der Waals surface area (Å²) in [7, 11) is 0. The van der Waals surface area contributed by atoms with Crippen LogP contribution in [0.2, 0.25) is 0 Å². The summed E-state index contributed by atoms with van der Waals surface area (Å²) < 4.78 is 13.9. The van der Waals surface area contributed by atoms with Crippen LogP contribution in [0.15, 0.2) is 22.7 Å². The van der Waals surface area contributed by atoms with Crippen LogP contribution >= 0.6 is 27.7 Å². The zero-order valence-electron chi connectivity index (χ0n) is 8.93. The first-order chi connectivity index (χ1) is 7.53. The average Bonchev–Trinajstić information content (AvgIpc) is 2.69. The summed E-state index contributed by atoms with van der Waals surface area (Å²) in [6.45, 7) is 1.91. The van der Waals surface area contributed by atoms with Crippen LogP contribution in [0.3, 0.4) is 0 Å². The summed E-state index contributed by atoms with van der Waals surface area (Å²) in [5.74, 6) is 0.466. The molecule has 4 heteroatoms. The van der Waals surface area contributed by atoms with Gasteiger partial charge in [0.2, 0.25) is 0 Å². The van der Waals surface area contributed by atoms with Crippen LogP contribution < -0.4 is 0 Å². The summed E-state index contributed by atoms with van der Waals surface area (Å²) in [5.41, 5.74) is 0.200. The highest BCUT2D eigenvalue weighted by Crippen LogP contribution is 2.40. The predicted octanol–water partition coefficient (Wildman–Crippen LogP) is 4.06. The topological polar surface area (TPSA) is 17.1 Å². The fourth-order valence-electron chi connectivity index (χ4n) is 1.91. The molecule has 1 fully saturated rings. The normalized spacial score (nSPS) is 24.7. The Labute approximate surface area is 107 Å². The van der Waals surface area contributed by atoms with E-state index in [9.17, 15) is 9.18 Å². The maximum Gasteiger partial charge on any atom is 0.181 e. The van der Waals surface area contributed by atoms with E-state index in [2.05, 4.69) is 15.9 Å². The lowest BCUT2D eigenvalue weighted by Gasteiger charge is -2.21. The number of carbonyl (C=O) groups excluding carboxylic acids is 1. The van der Waals surface area contributed by atoms with Gasteiger partial charge in [0.15, 0.2) is 5.78 Å². The number of Topliss-reactive ketones (excluding diaryl/α,β-unsaturated/α-hetero) is 1. The van der Waals surface area contributed by atoms with Gasteiger partial charge in [-0.2, -0.15) is 0 Å². The molecule has 1 saturated heterocycles. The van der Waals surface area contributed by atoms with Gasteiger partial charge in [-0.25, -0.2) is 4.39 Å². The lowest BCUT2D eigenvalue weighted by atomic mass is 9.94. The Morgan fingerprint density at radius 2 is 2.31 bits per heavy atom. The van der Waals surface area contributed by atoms with Gasteiger partial charge in [0.1, 0.15) is 5.82 Å². The molecule has 1 heterocycles. The maximum atomic E-state index is 13.6. The predicted molar refractivity (Wildman–Crippen MR) is 68.5 cm³/mol. The van der Waals surface area contributed by atoms with Crippen molar-refractivity contribution in [3.63, 3.8) is 0 Å². The number of ketones is 1. The van der Waals surface area contributed by atoms with Crippen molar-refractivity contribution in [3.8, 4) is 0 Å². The van der Waals surface area contributed by atoms with E-state index in [1.54, 1.807) is 23.9 Å². The molecular weight excluding hydrogens is 291 g/mol. The Hall–Kier alpha value is -0.350. The lowest BCUT2D eigenvalue weighted by Crippen LogP contribution is -2.29. The molecule has 0 spiro atoms. The number of thioether (sulfide) groups is 1. The summed E-state index contributed by atoms with van der Waals surface area (Å²) in [6, 6.07) is 4.51. The van der Waals surface area contributed by atoms with Gasteiger partial charge in [0.25, 0.3) is 0 Å². The third-order valence-corrected chi connectivity index (χ3v) is 4.88. The van der Waals surface area contributed by atoms with Crippen molar-refractivity contribution in [3.05, 3.63) is 34.1 Å². The van der Waals surface area contributed by atoms with Crippen molar-refractivity contribution in [1.29, 1.82) is 0 Å². The minimum atomic E-state index is -0.443. The van der Waals surface area contributed by atoms with Crippen LogP contribution in [0.25, 0.3) is 0 Å². The van der Waals surface area contributed by atoms with Gasteiger partial charge >= 0.3 is 0 Å². The highest BCUT2D eigenvalue weighted by molar-refractivity contribution is 9.10. The molecule has 1 nitrogen and oxygen atoms in total. The quantitative estimate of drug-likeness (QED) is 0.767. The van der Waals surface area contributed by atoms with E-state index in [1.807, 2.05) is 6.92 Å². The number of halogens is 2. The van der Waals surface area contributed by atoms with Crippen LogP contribution in [0.4, 0.5) is 4.39 Å². The fourth-order valence-corrected chi connectivity index (χ4v) is 3.54. The number of carbonyl (C=O) groups is 1. The van der Waals surface area contributed by atoms with E-state index in [4.69, 9.17) is 0 Å². The van der Waals surface area contributed by atoms with Crippen molar-refractivity contribution in [2.75, 3.05) is 5.75 Å². The minimum Gasteiger partial charge on any atom is -0.293 e. The van der Waals surface area contributed by atoms with Gasteiger partial charge in [-0.3, -0.25) is 4.79 Å². The maximum absolute atomic E-state index is 13.6. The summed E-state index contributed by atoms with van der Waals surface area (Å²) >= 11 is 4.90. The lowest BCUT2D eigenvalue weighted by molar-refractivity contribution is 0.0945. The molecule has 0 saturated carbocycles. The molecule has 0 radical (unpaired) electrons. The van der Waals surface area contributed by atoms with Crippen LogP contribution in [0, 0.1) is 5.82 Å². The number of rotatable bonds is 2. The largest absolute Gasteiger partial charge is 0.293 e. The van der Waals surface area contributed by atoms with E-state index in [0.29, 0.717) is 0 Å². The monoisotopic (exact) mass is 302 g/mol. The molecule has 1 atom stereocenters. The highest BCUT2D eigenvalue weighted by atomic mass is 79.9. The molecule has 0 aliphatic carbocycles. The molecule has 1 aromatic carbocycles. The van der Waals surface area contributed by atoms with Crippen molar-refractivity contribution < 1.29 is 9.18 Å². The summed E-state index contributed by atoms with van der Waals surface area (Å²) in [4.78, 5) is 12.3. The van der Waals surface area contributed by atoms with Crippen molar-refractivity contribution in [1.82, 2.24) is 0 Å². The number of hydrogen-bond donors (Lipinski definition) is 0. The van der Waals surface area contributed by atoms with Gasteiger partial charge in [0, 0.05) is 4.47 Å². The molecule has 16 heavy (non-hydrogen) atoms. The zero-order chi connectivity index (χ0) is 11.8. The van der Waals surface area contributed by atoms with Gasteiger partial charge < -0.3 is 0 Å². The van der Waals surface area contributed by atoms with Gasteiger partial charge in [-0.15, -0.1) is 11.8 Å². The molecule has 86 valence electrons. The first-order valence-electron chi connectivity index (χ1n) is 5.17. The second-order valence-electron chi connectivity index (χ2n) is 4.14. The van der Waals surface area contributed by atoms with E-state index in [1.165, 1.54) is 6.07 Å². The Morgan fingerprint density at radius 3 is 2.94 bits per heavy atom. The van der Waals surface area contributed by atoms with E-state index < -0.39 is 10.6 Å². The van der Waals surface area contributed by atoms with Crippen LogP contribution in [0.1, 0.15) is 30.1 Å². The third kappa shape index (κ3) is 2.18. The van der Waals surface area contributed by atoms with E-state index in [0.717, 1.165) is 23.1 Å². The summed E-state index contributed by atoms with van der Waals surface area (Å²) in [6.07, 6.45) is 1.87. The molecule has 1 aliphatic rings. The van der Waals surface area contributed by atoms with Crippen molar-refractivity contribution in [2.45, 2.75) is 24.5 Å². The molecule has 1 aromatic rings. The molecule has 2 rings (SSSR count). The minimum absolute atomic E-state index is 0.0891. The Balaban J connectivity index is 2.36. The van der Waals surface area contributed by atoms with Crippen molar-refractivity contribution in [2.24, 2.45) is 0 Å². The first-order valence-corrected chi connectivity index (χ1v) is 6.95. The molecule has 0 aromatic heterocycles. The van der Waals surface area contributed by atoms with Crippen LogP contribution in [0.5, 0.6) is 0 Å². The molecule has 0 amide bonds. The Kier molecular flexibility index (Phi) is 3.40. The van der Waals surface area contributed by atoms with E-state index in [-0.39, 0.29) is 11.3 Å². The number of hydrogen-bond acceptors (Lipinski definition) is 2. The molecule has 0 N–H and O–H groups in total. The zero-order valence-corrected chi connectivity index (χ0v) is 11.3.